The number of nitrogens with one attached hydrogen (secondary N) is 2. The van der Waals surface area contributed by atoms with E-state index < -0.39 is 0 Å². The molecule has 2 N–H and O–H groups in total. The van der Waals surface area contributed by atoms with Gasteiger partial charge in [0.1, 0.15) is 11.8 Å². The molecular weight excluding hydrogens is 344 g/mol. The van der Waals surface area contributed by atoms with Crippen molar-refractivity contribution in [3.63, 3.8) is 0 Å². The van der Waals surface area contributed by atoms with Crippen LogP contribution >= 0.6 is 27.5 Å². The lowest BCUT2D eigenvalue weighted by molar-refractivity contribution is -0.121. The molecular formula is C14H14BrClN2O2. The largest absolute Gasteiger partial charge is 0.467 e. The fourth-order valence-electron chi connectivity index (χ4n) is 1.65. The summed E-state index contributed by atoms with van der Waals surface area (Å²) in [6.07, 6.45) is 1.58. The average Bonchev–Trinajstić information content (AvgIpc) is 2.93. The van der Waals surface area contributed by atoms with Crippen molar-refractivity contribution in [2.24, 2.45) is 0 Å². The SMILES string of the molecule is CC(Nc1cc(Cl)ccc1Br)C(=O)NCc1ccco1. The minimum atomic E-state index is -0.389. The molecule has 6 heteroatoms. The second-order valence-electron chi connectivity index (χ2n) is 4.29. The minimum Gasteiger partial charge on any atom is -0.467 e. The maximum atomic E-state index is 12.0. The van der Waals surface area contributed by atoms with Gasteiger partial charge in [0.25, 0.3) is 0 Å². The molecule has 1 atom stereocenters. The third-order valence-electron chi connectivity index (χ3n) is 2.71. The number of hydrogen-bond acceptors (Lipinski definition) is 3. The Labute approximate surface area is 130 Å². The monoisotopic (exact) mass is 356 g/mol. The first-order chi connectivity index (χ1) is 9.56. The molecule has 2 rings (SSSR count). The molecule has 0 aliphatic rings. The fourth-order valence-corrected chi connectivity index (χ4v) is 2.18. The van der Waals surface area contributed by atoms with Crippen LogP contribution in [0.1, 0.15) is 12.7 Å². The summed E-state index contributed by atoms with van der Waals surface area (Å²) in [6.45, 7) is 2.15. The second-order valence-corrected chi connectivity index (χ2v) is 5.58. The van der Waals surface area contributed by atoms with E-state index in [9.17, 15) is 4.79 Å². The molecule has 0 fully saturated rings. The summed E-state index contributed by atoms with van der Waals surface area (Å²) in [5.41, 5.74) is 0.776. The van der Waals surface area contributed by atoms with Crippen LogP contribution < -0.4 is 10.6 Å². The van der Waals surface area contributed by atoms with Gasteiger partial charge >= 0.3 is 0 Å². The van der Waals surface area contributed by atoms with E-state index in [4.69, 9.17) is 16.0 Å². The standard InChI is InChI=1S/C14H14BrClN2O2/c1-9(14(19)17-8-11-3-2-6-20-11)18-13-7-10(16)4-5-12(13)15/h2-7,9,18H,8H2,1H3,(H,17,19). The van der Waals surface area contributed by atoms with Crippen LogP contribution in [0.5, 0.6) is 0 Å². The van der Waals surface area contributed by atoms with E-state index in [-0.39, 0.29) is 11.9 Å². The van der Waals surface area contributed by atoms with E-state index in [1.165, 1.54) is 0 Å². The Morgan fingerprint density at radius 2 is 2.25 bits per heavy atom. The number of hydrogen-bond donors (Lipinski definition) is 2. The van der Waals surface area contributed by atoms with Gasteiger partial charge in [-0.2, -0.15) is 0 Å². The van der Waals surface area contributed by atoms with E-state index in [1.54, 1.807) is 31.4 Å². The summed E-state index contributed by atoms with van der Waals surface area (Å²) >= 11 is 9.35. The Kier molecular flexibility index (Phi) is 5.09. The smallest absolute Gasteiger partial charge is 0.242 e. The van der Waals surface area contributed by atoms with E-state index in [1.807, 2.05) is 12.1 Å². The lowest BCUT2D eigenvalue weighted by Crippen LogP contribution is -2.37. The summed E-state index contributed by atoms with van der Waals surface area (Å²) in [7, 11) is 0. The third-order valence-corrected chi connectivity index (χ3v) is 3.64. The zero-order valence-electron chi connectivity index (χ0n) is 10.8. The summed E-state index contributed by atoms with van der Waals surface area (Å²) in [4.78, 5) is 12.0. The van der Waals surface area contributed by atoms with Crippen LogP contribution in [-0.4, -0.2) is 11.9 Å². The maximum absolute atomic E-state index is 12.0. The Morgan fingerprint density at radius 1 is 1.45 bits per heavy atom. The molecule has 0 radical (unpaired) electrons. The van der Waals surface area contributed by atoms with E-state index in [2.05, 4.69) is 26.6 Å². The molecule has 1 heterocycles. The summed E-state index contributed by atoms with van der Waals surface area (Å²) < 4.78 is 6.01. The van der Waals surface area contributed by atoms with Gasteiger partial charge in [-0.05, 0) is 53.2 Å². The van der Waals surface area contributed by atoms with E-state index in [0.29, 0.717) is 11.6 Å². The average molecular weight is 358 g/mol. The number of amides is 1. The highest BCUT2D eigenvalue weighted by atomic mass is 79.9. The number of benzene rings is 1. The van der Waals surface area contributed by atoms with Gasteiger partial charge in [0.15, 0.2) is 0 Å². The Balaban J connectivity index is 1.92. The molecule has 0 bridgehead atoms. The second kappa shape index (κ2) is 6.81. The quantitative estimate of drug-likeness (QED) is 0.855. The number of carbonyl (C=O) groups is 1. The Bertz CT molecular complexity index is 587. The molecule has 0 saturated carbocycles. The normalized spacial score (nSPS) is 11.9. The van der Waals surface area contributed by atoms with E-state index in [0.717, 1.165) is 15.9 Å². The molecule has 0 aliphatic carbocycles. The predicted molar refractivity (Wildman–Crippen MR) is 82.8 cm³/mol. The van der Waals surface area contributed by atoms with Crippen LogP contribution in [0.25, 0.3) is 0 Å². The zero-order valence-corrected chi connectivity index (χ0v) is 13.2. The summed E-state index contributed by atoms with van der Waals surface area (Å²) in [5, 5.41) is 6.51. The Morgan fingerprint density at radius 3 is 2.95 bits per heavy atom. The molecule has 1 unspecified atom stereocenters. The molecule has 20 heavy (non-hydrogen) atoms. The molecule has 1 aromatic carbocycles. The molecule has 1 amide bonds. The fraction of sp³-hybridized carbons (Fsp3) is 0.214. The van der Waals surface area contributed by atoms with Gasteiger partial charge in [-0.1, -0.05) is 11.6 Å². The Hall–Kier alpha value is -1.46. The lowest BCUT2D eigenvalue weighted by atomic mass is 10.2. The first kappa shape index (κ1) is 14.9. The molecule has 4 nitrogen and oxygen atoms in total. The van der Waals surface area contributed by atoms with Gasteiger partial charge in [0.05, 0.1) is 18.5 Å². The van der Waals surface area contributed by atoms with Crippen molar-refractivity contribution in [2.75, 3.05) is 5.32 Å². The summed E-state index contributed by atoms with van der Waals surface area (Å²) in [5.74, 6) is 0.600. The van der Waals surface area contributed by atoms with Crippen LogP contribution in [0.15, 0.2) is 45.5 Å². The van der Waals surface area contributed by atoms with Crippen LogP contribution in [0.4, 0.5) is 5.69 Å². The highest BCUT2D eigenvalue weighted by Gasteiger charge is 2.14. The van der Waals surface area contributed by atoms with Crippen LogP contribution in [0.3, 0.4) is 0 Å². The molecule has 2 aromatic rings. The van der Waals surface area contributed by atoms with Crippen molar-refractivity contribution >= 4 is 39.1 Å². The maximum Gasteiger partial charge on any atom is 0.242 e. The van der Waals surface area contributed by atoms with Crippen molar-refractivity contribution in [2.45, 2.75) is 19.5 Å². The first-order valence-electron chi connectivity index (χ1n) is 6.08. The minimum absolute atomic E-state index is 0.117. The number of rotatable bonds is 5. The molecule has 0 aliphatic heterocycles. The van der Waals surface area contributed by atoms with E-state index >= 15 is 0 Å². The topological polar surface area (TPSA) is 54.3 Å². The van der Waals surface area contributed by atoms with Gasteiger partial charge in [-0.15, -0.1) is 0 Å². The van der Waals surface area contributed by atoms with Crippen LogP contribution in [-0.2, 0) is 11.3 Å². The number of halogens is 2. The zero-order chi connectivity index (χ0) is 14.5. The van der Waals surface area contributed by atoms with Gasteiger partial charge < -0.3 is 15.1 Å². The number of carbonyl (C=O) groups excluding carboxylic acids is 1. The van der Waals surface area contributed by atoms with Crippen molar-refractivity contribution in [1.29, 1.82) is 0 Å². The van der Waals surface area contributed by atoms with Gasteiger partial charge in [0.2, 0.25) is 5.91 Å². The van der Waals surface area contributed by atoms with Crippen molar-refractivity contribution < 1.29 is 9.21 Å². The van der Waals surface area contributed by atoms with Crippen molar-refractivity contribution in [3.8, 4) is 0 Å². The molecule has 0 spiro atoms. The number of furan rings is 1. The molecule has 0 saturated heterocycles. The highest BCUT2D eigenvalue weighted by Crippen LogP contribution is 2.26. The van der Waals surface area contributed by atoms with Gasteiger partial charge in [-0.3, -0.25) is 4.79 Å². The lowest BCUT2D eigenvalue weighted by Gasteiger charge is -2.16. The van der Waals surface area contributed by atoms with Gasteiger partial charge in [-0.25, -0.2) is 0 Å². The number of anilines is 1. The third kappa shape index (κ3) is 4.02. The first-order valence-corrected chi connectivity index (χ1v) is 7.25. The molecule has 1 aromatic heterocycles. The molecule has 106 valence electrons. The van der Waals surface area contributed by atoms with Crippen LogP contribution in [0.2, 0.25) is 5.02 Å². The van der Waals surface area contributed by atoms with Crippen molar-refractivity contribution in [1.82, 2.24) is 5.32 Å². The highest BCUT2D eigenvalue weighted by molar-refractivity contribution is 9.10. The van der Waals surface area contributed by atoms with Crippen LogP contribution in [0, 0.1) is 0 Å². The summed E-state index contributed by atoms with van der Waals surface area (Å²) in [6, 6.07) is 8.58. The predicted octanol–water partition coefficient (Wildman–Crippen LogP) is 3.81. The van der Waals surface area contributed by atoms with Gasteiger partial charge in [0, 0.05) is 9.50 Å². The van der Waals surface area contributed by atoms with Crippen molar-refractivity contribution in [3.05, 3.63) is 51.9 Å².